The van der Waals surface area contributed by atoms with E-state index >= 15 is 8.78 Å². The van der Waals surface area contributed by atoms with E-state index in [4.69, 9.17) is 5.11 Å². The summed E-state index contributed by atoms with van der Waals surface area (Å²) in [7, 11) is 0. The van der Waals surface area contributed by atoms with E-state index in [1.165, 1.54) is 26.1 Å². The summed E-state index contributed by atoms with van der Waals surface area (Å²) in [6, 6.07) is 10.1. The zero-order valence-corrected chi connectivity index (χ0v) is 19.5. The Labute approximate surface area is 200 Å². The summed E-state index contributed by atoms with van der Waals surface area (Å²) in [5.41, 5.74) is 0.489. The van der Waals surface area contributed by atoms with Gasteiger partial charge in [-0.05, 0) is 44.9 Å². The van der Waals surface area contributed by atoms with Crippen molar-refractivity contribution in [3.63, 3.8) is 0 Å². The van der Waals surface area contributed by atoms with Gasteiger partial charge < -0.3 is 10.1 Å². The fourth-order valence-corrected chi connectivity index (χ4v) is 5.04. The molecule has 2 aromatic carbocycles. The maximum absolute atomic E-state index is 15.7. The molecular weight excluding hydrogens is 457 g/mol. The third kappa shape index (κ3) is 4.10. The maximum atomic E-state index is 15.7. The van der Waals surface area contributed by atoms with Gasteiger partial charge in [0.2, 0.25) is 0 Å². The van der Waals surface area contributed by atoms with E-state index in [2.05, 4.69) is 10.1 Å². The number of benzene rings is 2. The molecule has 0 spiro atoms. The van der Waals surface area contributed by atoms with Gasteiger partial charge in [0, 0.05) is 53.1 Å². The fourth-order valence-electron chi connectivity index (χ4n) is 5.04. The van der Waals surface area contributed by atoms with Gasteiger partial charge in [-0.3, -0.25) is 4.90 Å². The first-order valence-corrected chi connectivity index (χ1v) is 11.4. The number of carboxylic acid groups (broad SMARTS) is 1. The van der Waals surface area contributed by atoms with Gasteiger partial charge in [0.15, 0.2) is 5.69 Å². The number of nitrogens with one attached hydrogen (secondary N) is 1. The third-order valence-electron chi connectivity index (χ3n) is 6.49. The molecule has 0 saturated carbocycles. The van der Waals surface area contributed by atoms with E-state index in [1.54, 1.807) is 4.90 Å². The van der Waals surface area contributed by atoms with Gasteiger partial charge >= 0.3 is 5.97 Å². The minimum Gasteiger partial charge on any atom is -0.476 e. The molecular formula is C26H25F3N4O2. The molecule has 1 aliphatic rings. The van der Waals surface area contributed by atoms with E-state index in [0.29, 0.717) is 12.1 Å². The number of halogens is 3. The van der Waals surface area contributed by atoms with Crippen LogP contribution in [0.3, 0.4) is 0 Å². The maximum Gasteiger partial charge on any atom is 0.356 e. The first-order valence-electron chi connectivity index (χ1n) is 11.4. The first-order chi connectivity index (χ1) is 16.5. The summed E-state index contributed by atoms with van der Waals surface area (Å²) in [5, 5.41) is 13.9. The Kier molecular flexibility index (Phi) is 5.47. The molecule has 0 radical (unpaired) electrons. The second-order valence-electron chi connectivity index (χ2n) is 9.68. The average molecular weight is 483 g/mol. The third-order valence-corrected chi connectivity index (χ3v) is 6.49. The Morgan fingerprint density at radius 2 is 1.89 bits per heavy atom. The van der Waals surface area contributed by atoms with Crippen LogP contribution in [0.1, 0.15) is 54.1 Å². The Hall–Kier alpha value is -3.59. The molecule has 5 rings (SSSR count). The molecule has 0 unspecified atom stereocenters. The predicted molar refractivity (Wildman–Crippen MR) is 126 cm³/mol. The number of carboxylic acids is 1. The van der Waals surface area contributed by atoms with Gasteiger partial charge in [-0.2, -0.15) is 5.10 Å². The molecule has 1 aliphatic heterocycles. The number of hydrogen-bond acceptors (Lipinski definition) is 3. The van der Waals surface area contributed by atoms with E-state index < -0.39 is 29.3 Å². The number of carbonyl (C=O) groups is 1. The minimum atomic E-state index is -1.59. The Balaban J connectivity index is 1.68. The number of H-pyrrole nitrogens is 1. The van der Waals surface area contributed by atoms with Crippen molar-refractivity contribution in [1.29, 1.82) is 0 Å². The van der Waals surface area contributed by atoms with E-state index in [1.807, 2.05) is 31.2 Å². The highest BCUT2D eigenvalue weighted by Gasteiger charge is 2.41. The number of aromatic amines is 1. The first kappa shape index (κ1) is 23.2. The molecule has 2 N–H and O–H groups in total. The van der Waals surface area contributed by atoms with Crippen LogP contribution in [0.4, 0.5) is 13.2 Å². The van der Waals surface area contributed by atoms with Crippen LogP contribution in [0.2, 0.25) is 0 Å². The predicted octanol–water partition coefficient (Wildman–Crippen LogP) is 5.41. The molecule has 6 nitrogen and oxygen atoms in total. The molecule has 2 aromatic heterocycles. The quantitative estimate of drug-likeness (QED) is 0.399. The van der Waals surface area contributed by atoms with Crippen LogP contribution in [-0.2, 0) is 6.42 Å². The van der Waals surface area contributed by atoms with Crippen LogP contribution >= 0.6 is 0 Å². The van der Waals surface area contributed by atoms with Crippen LogP contribution in [0, 0.1) is 11.6 Å². The molecule has 0 saturated heterocycles. The Morgan fingerprint density at radius 1 is 1.20 bits per heavy atom. The van der Waals surface area contributed by atoms with E-state index in [9.17, 15) is 9.18 Å². The highest BCUT2D eigenvalue weighted by molar-refractivity contribution is 5.86. The van der Waals surface area contributed by atoms with Crippen LogP contribution < -0.4 is 0 Å². The molecule has 0 amide bonds. The average Bonchev–Trinajstić information content (AvgIpc) is 3.40. The summed E-state index contributed by atoms with van der Waals surface area (Å²) in [6.45, 7) is 4.82. The monoisotopic (exact) mass is 482 g/mol. The number of para-hydroxylation sites is 1. The molecule has 35 heavy (non-hydrogen) atoms. The number of hydrogen-bond donors (Lipinski definition) is 2. The highest BCUT2D eigenvalue weighted by Crippen LogP contribution is 2.43. The lowest BCUT2D eigenvalue weighted by Gasteiger charge is -2.43. The highest BCUT2D eigenvalue weighted by atomic mass is 19.1. The molecule has 4 aromatic rings. The number of aromatic nitrogens is 3. The summed E-state index contributed by atoms with van der Waals surface area (Å²) in [4.78, 5) is 16.3. The fraction of sp³-hybridized carbons (Fsp3) is 0.308. The number of aromatic carboxylic acids is 1. The second-order valence-corrected chi connectivity index (χ2v) is 9.68. The zero-order chi connectivity index (χ0) is 25.1. The molecule has 2 atom stereocenters. The lowest BCUT2D eigenvalue weighted by Crippen LogP contribution is -2.48. The molecule has 9 heteroatoms. The van der Waals surface area contributed by atoms with Crippen molar-refractivity contribution in [2.24, 2.45) is 0 Å². The van der Waals surface area contributed by atoms with Crippen molar-refractivity contribution in [3.8, 4) is 5.69 Å². The summed E-state index contributed by atoms with van der Waals surface area (Å²) >= 11 is 0. The van der Waals surface area contributed by atoms with E-state index in [-0.39, 0.29) is 29.5 Å². The molecule has 0 bridgehead atoms. The van der Waals surface area contributed by atoms with Crippen molar-refractivity contribution in [2.45, 2.75) is 44.9 Å². The van der Waals surface area contributed by atoms with Gasteiger partial charge in [0.1, 0.15) is 17.3 Å². The van der Waals surface area contributed by atoms with Gasteiger partial charge in [-0.15, -0.1) is 0 Å². The standard InChI is InChI=1S/C26H25F3N4O2/c1-14-10-17-16-6-4-5-7-20(16)30-23(17)24(32(14)13-26(2,3)29)22-18(27)11-15(12-19(22)28)33-9-8-21(31-33)25(34)35/h4-9,11-12,14,24,30H,10,13H2,1-3H3,(H,34,35)/t14-,24-/m1/s1. The number of alkyl halides is 1. The van der Waals surface area contributed by atoms with Crippen LogP contribution in [0.25, 0.3) is 16.6 Å². The topological polar surface area (TPSA) is 74.1 Å². The van der Waals surface area contributed by atoms with Crippen molar-refractivity contribution < 1.29 is 23.1 Å². The molecule has 3 heterocycles. The van der Waals surface area contributed by atoms with Crippen molar-refractivity contribution in [3.05, 3.63) is 82.8 Å². The lowest BCUT2D eigenvalue weighted by atomic mass is 9.87. The second kappa shape index (κ2) is 8.27. The Morgan fingerprint density at radius 3 is 2.51 bits per heavy atom. The van der Waals surface area contributed by atoms with Gasteiger partial charge in [0.05, 0.1) is 11.7 Å². The Bertz CT molecular complexity index is 1410. The molecule has 182 valence electrons. The number of fused-ring (bicyclic) bond motifs is 3. The van der Waals surface area contributed by atoms with Gasteiger partial charge in [-0.1, -0.05) is 18.2 Å². The molecule has 0 fully saturated rings. The normalized spacial score (nSPS) is 18.7. The van der Waals surface area contributed by atoms with Crippen LogP contribution in [0.15, 0.2) is 48.7 Å². The van der Waals surface area contributed by atoms with E-state index in [0.717, 1.165) is 33.3 Å². The largest absolute Gasteiger partial charge is 0.476 e. The number of nitrogens with zero attached hydrogens (tertiary/aromatic N) is 3. The van der Waals surface area contributed by atoms with Crippen LogP contribution in [-0.4, -0.2) is 49.0 Å². The number of rotatable bonds is 5. The van der Waals surface area contributed by atoms with Crippen molar-refractivity contribution in [2.75, 3.05) is 6.54 Å². The zero-order valence-electron chi connectivity index (χ0n) is 19.5. The summed E-state index contributed by atoms with van der Waals surface area (Å²) < 4.78 is 47.4. The van der Waals surface area contributed by atoms with Crippen molar-refractivity contribution in [1.82, 2.24) is 19.7 Å². The van der Waals surface area contributed by atoms with Gasteiger partial charge in [0.25, 0.3) is 0 Å². The summed E-state index contributed by atoms with van der Waals surface area (Å²) in [5.74, 6) is -2.89. The minimum absolute atomic E-state index is 0.0185. The molecule has 0 aliphatic carbocycles. The van der Waals surface area contributed by atoms with Crippen molar-refractivity contribution >= 4 is 16.9 Å². The summed E-state index contributed by atoms with van der Waals surface area (Å²) in [6.07, 6.45) is 1.94. The smallest absolute Gasteiger partial charge is 0.356 e. The lowest BCUT2D eigenvalue weighted by molar-refractivity contribution is 0.0642. The van der Waals surface area contributed by atoms with Crippen LogP contribution in [0.5, 0.6) is 0 Å². The SMILES string of the molecule is C[C@@H]1Cc2c([nH]c3ccccc23)[C@@H](c2c(F)cc(-n3ccc(C(=O)O)n3)cc2F)N1CC(C)(C)F. The van der Waals surface area contributed by atoms with Gasteiger partial charge in [-0.25, -0.2) is 22.6 Å².